The van der Waals surface area contributed by atoms with E-state index in [-0.39, 0.29) is 30.9 Å². The predicted octanol–water partition coefficient (Wildman–Crippen LogP) is 2.88. The van der Waals surface area contributed by atoms with Crippen molar-refractivity contribution < 1.29 is 18.1 Å². The summed E-state index contributed by atoms with van der Waals surface area (Å²) in [7, 11) is 0. The fourth-order valence-corrected chi connectivity index (χ4v) is 2.07. The zero-order valence-corrected chi connectivity index (χ0v) is 10.4. The van der Waals surface area contributed by atoms with Gasteiger partial charge in [0, 0.05) is 30.4 Å². The van der Waals surface area contributed by atoms with Crippen molar-refractivity contribution in [3.05, 3.63) is 40.0 Å². The Balaban J connectivity index is 2.17. The van der Waals surface area contributed by atoms with Crippen molar-refractivity contribution in [2.45, 2.75) is 12.6 Å². The summed E-state index contributed by atoms with van der Waals surface area (Å²) in [5, 5.41) is 10.6. The number of nitro groups is 1. The van der Waals surface area contributed by atoms with Crippen molar-refractivity contribution >= 4 is 17.1 Å². The minimum Gasteiger partial charge on any atom is -0.393 e. The van der Waals surface area contributed by atoms with Gasteiger partial charge in [0.25, 0.3) is 5.69 Å². The molecule has 0 amide bonds. The van der Waals surface area contributed by atoms with Crippen molar-refractivity contribution in [1.82, 2.24) is 0 Å². The molecule has 20 heavy (non-hydrogen) atoms. The zero-order chi connectivity index (χ0) is 14.9. The van der Waals surface area contributed by atoms with Gasteiger partial charge in [-0.25, -0.2) is 0 Å². The van der Waals surface area contributed by atoms with Crippen LogP contribution in [0.5, 0.6) is 0 Å². The molecule has 1 aliphatic rings. The van der Waals surface area contributed by atoms with Gasteiger partial charge >= 0.3 is 6.18 Å². The number of nitrogens with two attached hydrogens (primary N) is 1. The van der Waals surface area contributed by atoms with Crippen LogP contribution in [0.3, 0.4) is 0 Å². The van der Waals surface area contributed by atoms with Crippen LogP contribution in [0.25, 0.3) is 0 Å². The van der Waals surface area contributed by atoms with Crippen LogP contribution in [0.2, 0.25) is 0 Å². The average Bonchev–Trinajstić information content (AvgIpc) is 2.37. The van der Waals surface area contributed by atoms with E-state index in [0.29, 0.717) is 5.69 Å². The van der Waals surface area contributed by atoms with Crippen LogP contribution in [0, 0.1) is 10.1 Å². The zero-order valence-electron chi connectivity index (χ0n) is 10.4. The van der Waals surface area contributed by atoms with Gasteiger partial charge in [0.15, 0.2) is 0 Å². The maximum atomic E-state index is 12.5. The molecule has 0 aliphatic carbocycles. The number of anilines is 2. The van der Waals surface area contributed by atoms with E-state index in [1.807, 2.05) is 0 Å². The minimum atomic E-state index is -4.29. The summed E-state index contributed by atoms with van der Waals surface area (Å²) >= 11 is 0. The van der Waals surface area contributed by atoms with Crippen LogP contribution >= 0.6 is 0 Å². The number of nitro benzene ring substituents is 1. The Kier molecular flexibility index (Phi) is 3.56. The molecule has 0 fully saturated rings. The Hall–Kier alpha value is -2.25. The molecule has 0 saturated carbocycles. The van der Waals surface area contributed by atoms with E-state index >= 15 is 0 Å². The molecule has 0 aromatic heterocycles. The number of nitrogen functional groups attached to an aromatic ring is 1. The first-order valence-electron chi connectivity index (χ1n) is 5.84. The van der Waals surface area contributed by atoms with Crippen molar-refractivity contribution in [1.29, 1.82) is 0 Å². The van der Waals surface area contributed by atoms with Gasteiger partial charge < -0.3 is 10.6 Å². The first kappa shape index (κ1) is 14.2. The highest BCUT2D eigenvalue weighted by atomic mass is 19.4. The summed E-state index contributed by atoms with van der Waals surface area (Å²) in [5.74, 6) is 0. The smallest absolute Gasteiger partial charge is 0.393 e. The van der Waals surface area contributed by atoms with E-state index in [9.17, 15) is 23.3 Å². The molecular weight excluding hydrogens is 275 g/mol. The quantitative estimate of drug-likeness (QED) is 0.393. The van der Waals surface area contributed by atoms with E-state index in [1.54, 1.807) is 4.90 Å². The molecular formula is C12H12F3N3O2. The Labute approximate surface area is 112 Å². The normalized spacial score (nSPS) is 15.9. The van der Waals surface area contributed by atoms with Crippen LogP contribution in [0.15, 0.2) is 29.8 Å². The summed E-state index contributed by atoms with van der Waals surface area (Å²) in [6.45, 7) is 0.300. The topological polar surface area (TPSA) is 72.4 Å². The minimum absolute atomic E-state index is 0.00176. The van der Waals surface area contributed by atoms with Gasteiger partial charge in [-0.1, -0.05) is 6.08 Å². The standard InChI is InChI=1S/C12H12F3N3O2/c13-12(14,15)8-3-5-17(6-4-8)9-1-2-11(18(19)20)10(16)7-9/h1-3,7H,4-6,16H2. The SMILES string of the molecule is Nc1cc(N2CC=C(C(F)(F)F)CC2)ccc1[N+](=O)[O-]. The third kappa shape index (κ3) is 2.84. The molecule has 108 valence electrons. The maximum Gasteiger partial charge on any atom is 0.412 e. The monoisotopic (exact) mass is 287 g/mol. The summed E-state index contributed by atoms with van der Waals surface area (Å²) < 4.78 is 37.5. The van der Waals surface area contributed by atoms with Crippen molar-refractivity contribution in [3.63, 3.8) is 0 Å². The lowest BCUT2D eigenvalue weighted by molar-refractivity contribution is -0.383. The van der Waals surface area contributed by atoms with Crippen molar-refractivity contribution in [2.75, 3.05) is 23.7 Å². The molecule has 0 radical (unpaired) electrons. The lowest BCUT2D eigenvalue weighted by atomic mass is 10.1. The van der Waals surface area contributed by atoms with Gasteiger partial charge in [-0.05, 0) is 18.6 Å². The fourth-order valence-electron chi connectivity index (χ4n) is 2.07. The largest absolute Gasteiger partial charge is 0.412 e. The number of rotatable bonds is 2. The highest BCUT2D eigenvalue weighted by molar-refractivity contribution is 5.67. The lowest BCUT2D eigenvalue weighted by Crippen LogP contribution is -2.31. The average molecular weight is 287 g/mol. The van der Waals surface area contributed by atoms with E-state index in [1.165, 1.54) is 18.2 Å². The Morgan fingerprint density at radius 3 is 2.50 bits per heavy atom. The van der Waals surface area contributed by atoms with Gasteiger partial charge in [-0.3, -0.25) is 10.1 Å². The second-order valence-electron chi connectivity index (χ2n) is 4.42. The van der Waals surface area contributed by atoms with E-state index < -0.39 is 16.7 Å². The Morgan fingerprint density at radius 2 is 2.05 bits per heavy atom. The summed E-state index contributed by atoms with van der Waals surface area (Å²) in [6.07, 6.45) is -3.28. The third-order valence-electron chi connectivity index (χ3n) is 3.15. The molecule has 0 unspecified atom stereocenters. The van der Waals surface area contributed by atoms with Gasteiger partial charge in [0.2, 0.25) is 0 Å². The molecule has 8 heteroatoms. The second-order valence-corrected chi connectivity index (χ2v) is 4.42. The number of hydrogen-bond acceptors (Lipinski definition) is 4. The molecule has 2 N–H and O–H groups in total. The van der Waals surface area contributed by atoms with Crippen LogP contribution in [0.1, 0.15) is 6.42 Å². The summed E-state index contributed by atoms with van der Waals surface area (Å²) in [6, 6.07) is 4.15. The first-order chi connectivity index (χ1) is 9.29. The maximum absolute atomic E-state index is 12.5. The molecule has 2 rings (SSSR count). The highest BCUT2D eigenvalue weighted by Gasteiger charge is 2.34. The molecule has 1 aromatic rings. The summed E-state index contributed by atoms with van der Waals surface area (Å²) in [5.41, 5.74) is 5.39. The number of nitrogens with zero attached hydrogens (tertiary/aromatic N) is 2. The lowest BCUT2D eigenvalue weighted by Gasteiger charge is -2.29. The Bertz CT molecular complexity index is 570. The van der Waals surface area contributed by atoms with Crippen molar-refractivity contribution in [2.24, 2.45) is 0 Å². The molecule has 0 saturated heterocycles. The van der Waals surface area contributed by atoms with E-state index in [2.05, 4.69) is 0 Å². The molecule has 1 heterocycles. The van der Waals surface area contributed by atoms with Gasteiger partial charge in [0.1, 0.15) is 5.69 Å². The van der Waals surface area contributed by atoms with Crippen LogP contribution < -0.4 is 10.6 Å². The number of alkyl halides is 3. The van der Waals surface area contributed by atoms with Crippen molar-refractivity contribution in [3.8, 4) is 0 Å². The van der Waals surface area contributed by atoms with Gasteiger partial charge in [0.05, 0.1) is 4.92 Å². The highest BCUT2D eigenvalue weighted by Crippen LogP contribution is 2.33. The molecule has 1 aliphatic heterocycles. The number of halogens is 3. The Morgan fingerprint density at radius 1 is 1.35 bits per heavy atom. The van der Waals surface area contributed by atoms with Gasteiger partial charge in [-0.15, -0.1) is 0 Å². The molecule has 0 spiro atoms. The fraction of sp³-hybridized carbons (Fsp3) is 0.333. The molecule has 5 nitrogen and oxygen atoms in total. The van der Waals surface area contributed by atoms with Crippen LogP contribution in [0.4, 0.5) is 30.2 Å². The number of hydrogen-bond donors (Lipinski definition) is 1. The van der Waals surface area contributed by atoms with E-state index in [4.69, 9.17) is 5.73 Å². The summed E-state index contributed by atoms with van der Waals surface area (Å²) in [4.78, 5) is 11.7. The molecule has 0 bridgehead atoms. The third-order valence-corrected chi connectivity index (χ3v) is 3.15. The molecule has 1 aromatic carbocycles. The number of benzene rings is 1. The van der Waals surface area contributed by atoms with Crippen LogP contribution in [-0.2, 0) is 0 Å². The second kappa shape index (κ2) is 5.03. The molecule has 0 atom stereocenters. The van der Waals surface area contributed by atoms with Crippen LogP contribution in [-0.4, -0.2) is 24.2 Å². The first-order valence-corrected chi connectivity index (χ1v) is 5.84. The van der Waals surface area contributed by atoms with E-state index in [0.717, 1.165) is 6.08 Å². The van der Waals surface area contributed by atoms with Gasteiger partial charge in [-0.2, -0.15) is 13.2 Å². The predicted molar refractivity (Wildman–Crippen MR) is 68.5 cm³/mol.